The third-order valence-electron chi connectivity index (χ3n) is 3.44. The van der Waals surface area contributed by atoms with Gasteiger partial charge in [0.15, 0.2) is 0 Å². The van der Waals surface area contributed by atoms with Gasteiger partial charge in [-0.15, -0.1) is 0 Å². The number of aryl methyl sites for hydroxylation is 2. The number of anilines is 3. The Hall–Kier alpha value is -2.67. The third-order valence-corrected chi connectivity index (χ3v) is 3.44. The molecule has 7 nitrogen and oxygen atoms in total. The minimum absolute atomic E-state index is 0.278. The van der Waals surface area contributed by atoms with Crippen LogP contribution in [0.1, 0.15) is 17.7 Å². The van der Waals surface area contributed by atoms with E-state index in [2.05, 4.69) is 30.8 Å². The van der Waals surface area contributed by atoms with Gasteiger partial charge in [0.25, 0.3) is 0 Å². The molecule has 3 N–H and O–H groups in total. The maximum Gasteiger partial charge on any atom is 0.326 e. The Balaban J connectivity index is 1.93. The largest absolute Gasteiger partial charge is 0.370 e. The second-order valence-corrected chi connectivity index (χ2v) is 6.25. The van der Waals surface area contributed by atoms with Crippen LogP contribution in [0.25, 0.3) is 0 Å². The van der Waals surface area contributed by atoms with Crippen LogP contribution in [0.4, 0.5) is 22.2 Å². The topological polar surface area (TPSA) is 82.2 Å². The lowest BCUT2D eigenvalue weighted by Gasteiger charge is -2.12. The van der Waals surface area contributed by atoms with Crippen LogP contribution in [0, 0.1) is 13.8 Å². The molecule has 7 heteroatoms. The number of nitrogens with zero attached hydrogens (tertiary/aromatic N) is 3. The number of hydrogen-bond donors (Lipinski definition) is 3. The van der Waals surface area contributed by atoms with Gasteiger partial charge in [-0.2, -0.15) is 4.98 Å². The highest BCUT2D eigenvalue weighted by Crippen LogP contribution is 2.12. The third kappa shape index (κ3) is 6.76. The van der Waals surface area contributed by atoms with Crippen LogP contribution in [0.2, 0.25) is 0 Å². The smallest absolute Gasteiger partial charge is 0.326 e. The van der Waals surface area contributed by atoms with Gasteiger partial charge in [0.1, 0.15) is 5.82 Å². The van der Waals surface area contributed by atoms with Crippen molar-refractivity contribution in [2.45, 2.75) is 20.3 Å². The first-order valence-electron chi connectivity index (χ1n) is 8.31. The molecular formula is C18H26N6O. The number of aromatic nitrogens is 2. The second-order valence-electron chi connectivity index (χ2n) is 6.25. The summed E-state index contributed by atoms with van der Waals surface area (Å²) in [4.78, 5) is 22.9. The molecule has 1 heterocycles. The minimum Gasteiger partial charge on any atom is -0.370 e. The van der Waals surface area contributed by atoms with Crippen LogP contribution in [0.5, 0.6) is 0 Å². The molecule has 0 aliphatic rings. The van der Waals surface area contributed by atoms with Crippen molar-refractivity contribution in [3.05, 3.63) is 41.6 Å². The number of carbonyl (C=O) groups excluding carboxylic acids is 1. The number of benzene rings is 1. The van der Waals surface area contributed by atoms with Gasteiger partial charge in [-0.3, -0.25) is 5.32 Å². The average molecular weight is 342 g/mol. The molecule has 0 radical (unpaired) electrons. The number of amides is 2. The van der Waals surface area contributed by atoms with E-state index in [1.807, 2.05) is 58.3 Å². The zero-order valence-electron chi connectivity index (χ0n) is 15.3. The fraction of sp³-hybridized carbons (Fsp3) is 0.389. The summed E-state index contributed by atoms with van der Waals surface area (Å²) in [5.74, 6) is 0.984. The lowest BCUT2D eigenvalue weighted by Crippen LogP contribution is -2.21. The Morgan fingerprint density at radius 2 is 1.92 bits per heavy atom. The first kappa shape index (κ1) is 18.7. The summed E-state index contributed by atoms with van der Waals surface area (Å²) in [6.45, 7) is 5.65. The fourth-order valence-electron chi connectivity index (χ4n) is 2.31. The molecule has 0 saturated carbocycles. The standard InChI is InChI=1S/C18H26N6O/c1-13-7-5-8-15(11-13)21-18(25)23-17-20-14(2)12-16(22-17)19-9-6-10-24(3)4/h5,7-8,11-12H,6,9-10H2,1-4H3,(H3,19,20,21,22,23,25). The van der Waals surface area contributed by atoms with Crippen LogP contribution in [0.3, 0.4) is 0 Å². The van der Waals surface area contributed by atoms with Crippen molar-refractivity contribution in [1.29, 1.82) is 0 Å². The zero-order valence-corrected chi connectivity index (χ0v) is 15.3. The molecule has 2 amide bonds. The summed E-state index contributed by atoms with van der Waals surface area (Å²) in [7, 11) is 4.09. The van der Waals surface area contributed by atoms with E-state index in [0.29, 0.717) is 5.82 Å². The molecule has 1 aromatic heterocycles. The molecule has 0 unspecified atom stereocenters. The SMILES string of the molecule is Cc1cccc(NC(=O)Nc2nc(C)cc(NCCCN(C)C)n2)c1. The minimum atomic E-state index is -0.366. The summed E-state index contributed by atoms with van der Waals surface area (Å²) in [6.07, 6.45) is 1.01. The molecule has 0 bridgehead atoms. The summed E-state index contributed by atoms with van der Waals surface area (Å²) in [5.41, 5.74) is 2.59. The average Bonchev–Trinajstić information content (AvgIpc) is 2.50. The zero-order chi connectivity index (χ0) is 18.2. The molecule has 0 spiro atoms. The fourth-order valence-corrected chi connectivity index (χ4v) is 2.31. The summed E-state index contributed by atoms with van der Waals surface area (Å²) in [5, 5.41) is 8.72. The summed E-state index contributed by atoms with van der Waals surface area (Å²) in [6, 6.07) is 9.09. The molecule has 25 heavy (non-hydrogen) atoms. The Bertz CT molecular complexity index is 716. The number of hydrogen-bond acceptors (Lipinski definition) is 5. The van der Waals surface area contributed by atoms with E-state index in [0.717, 1.165) is 36.5 Å². The highest BCUT2D eigenvalue weighted by Gasteiger charge is 2.07. The van der Waals surface area contributed by atoms with Gasteiger partial charge >= 0.3 is 6.03 Å². The van der Waals surface area contributed by atoms with Gasteiger partial charge in [0, 0.05) is 24.0 Å². The maximum absolute atomic E-state index is 12.1. The number of nitrogens with one attached hydrogen (secondary N) is 3. The van der Waals surface area contributed by atoms with Crippen molar-refractivity contribution < 1.29 is 4.79 Å². The van der Waals surface area contributed by atoms with E-state index < -0.39 is 0 Å². The van der Waals surface area contributed by atoms with Crippen molar-refractivity contribution in [3.8, 4) is 0 Å². The Kier molecular flexibility index (Phi) is 6.71. The van der Waals surface area contributed by atoms with E-state index in [4.69, 9.17) is 0 Å². The molecule has 1 aromatic carbocycles. The Morgan fingerprint density at radius 1 is 1.12 bits per heavy atom. The highest BCUT2D eigenvalue weighted by atomic mass is 16.2. The van der Waals surface area contributed by atoms with Gasteiger partial charge in [0.05, 0.1) is 0 Å². The van der Waals surface area contributed by atoms with Gasteiger partial charge in [-0.1, -0.05) is 12.1 Å². The quantitative estimate of drug-likeness (QED) is 0.674. The van der Waals surface area contributed by atoms with Crippen molar-refractivity contribution >= 4 is 23.5 Å². The number of rotatable bonds is 7. The maximum atomic E-state index is 12.1. The molecule has 0 atom stereocenters. The van der Waals surface area contributed by atoms with Crippen LogP contribution in [0.15, 0.2) is 30.3 Å². The molecule has 134 valence electrons. The lowest BCUT2D eigenvalue weighted by atomic mass is 10.2. The molecular weight excluding hydrogens is 316 g/mol. The van der Waals surface area contributed by atoms with Crippen molar-refractivity contribution in [1.82, 2.24) is 14.9 Å². The predicted octanol–water partition coefficient (Wildman–Crippen LogP) is 3.10. The Morgan fingerprint density at radius 3 is 2.64 bits per heavy atom. The predicted molar refractivity (Wildman–Crippen MR) is 102 cm³/mol. The first-order valence-corrected chi connectivity index (χ1v) is 8.31. The van der Waals surface area contributed by atoms with Crippen LogP contribution >= 0.6 is 0 Å². The van der Waals surface area contributed by atoms with E-state index in [1.165, 1.54) is 0 Å². The van der Waals surface area contributed by atoms with E-state index in [9.17, 15) is 4.79 Å². The highest BCUT2D eigenvalue weighted by molar-refractivity contribution is 5.98. The van der Waals surface area contributed by atoms with Gasteiger partial charge in [0.2, 0.25) is 5.95 Å². The molecule has 0 fully saturated rings. The molecule has 0 aliphatic carbocycles. The lowest BCUT2D eigenvalue weighted by molar-refractivity contribution is 0.262. The van der Waals surface area contributed by atoms with E-state index in [-0.39, 0.29) is 12.0 Å². The van der Waals surface area contributed by atoms with Crippen molar-refractivity contribution in [2.24, 2.45) is 0 Å². The Labute approximate surface area is 148 Å². The number of urea groups is 1. The van der Waals surface area contributed by atoms with Crippen LogP contribution in [-0.2, 0) is 0 Å². The first-order chi connectivity index (χ1) is 11.9. The summed E-state index contributed by atoms with van der Waals surface area (Å²) >= 11 is 0. The molecule has 2 aromatic rings. The second kappa shape index (κ2) is 8.98. The number of carbonyl (C=O) groups is 1. The van der Waals surface area contributed by atoms with Crippen LogP contribution < -0.4 is 16.0 Å². The summed E-state index contributed by atoms with van der Waals surface area (Å²) < 4.78 is 0. The molecule has 2 rings (SSSR count). The van der Waals surface area contributed by atoms with Gasteiger partial charge < -0.3 is 15.5 Å². The van der Waals surface area contributed by atoms with Crippen molar-refractivity contribution in [3.63, 3.8) is 0 Å². The normalized spacial score (nSPS) is 10.6. The van der Waals surface area contributed by atoms with E-state index in [1.54, 1.807) is 0 Å². The van der Waals surface area contributed by atoms with Crippen molar-refractivity contribution in [2.75, 3.05) is 43.1 Å². The van der Waals surface area contributed by atoms with Crippen LogP contribution in [-0.4, -0.2) is 48.1 Å². The molecule has 0 aliphatic heterocycles. The van der Waals surface area contributed by atoms with Gasteiger partial charge in [-0.05, 0) is 58.6 Å². The van der Waals surface area contributed by atoms with E-state index >= 15 is 0 Å². The van der Waals surface area contributed by atoms with Gasteiger partial charge in [-0.25, -0.2) is 9.78 Å². The monoisotopic (exact) mass is 342 g/mol. The molecule has 0 saturated heterocycles.